The fraction of sp³-hybridized carbons (Fsp3) is 0.600. The van der Waals surface area contributed by atoms with Gasteiger partial charge in [-0.3, -0.25) is 9.79 Å². The molecule has 1 aliphatic rings. The van der Waals surface area contributed by atoms with Crippen LogP contribution in [0.1, 0.15) is 25.8 Å². The lowest BCUT2D eigenvalue weighted by Crippen LogP contribution is -2.45. The van der Waals surface area contributed by atoms with Gasteiger partial charge in [0, 0.05) is 38.6 Å². The molecule has 10 heteroatoms. The summed E-state index contributed by atoms with van der Waals surface area (Å²) in [5, 5.41) is 6.47. The summed E-state index contributed by atoms with van der Waals surface area (Å²) >= 11 is 0. The van der Waals surface area contributed by atoms with Gasteiger partial charge in [-0.25, -0.2) is 0 Å². The fourth-order valence-electron chi connectivity index (χ4n) is 3.12. The van der Waals surface area contributed by atoms with Gasteiger partial charge < -0.3 is 25.0 Å². The van der Waals surface area contributed by atoms with E-state index in [1.54, 1.807) is 19.2 Å². The molecule has 1 aromatic rings. The number of hydrogen-bond acceptors (Lipinski definition) is 4. The summed E-state index contributed by atoms with van der Waals surface area (Å²) in [5.74, 6) is 0.943. The number of nitrogens with one attached hydrogen (secondary N) is 2. The SMILES string of the molecule is CN=C(NCc1ccc(OCC(F)(F)F)c(OC)c1)NC1CCN(C(=O)C(C)C)C1. The molecular formula is C20H29F3N4O3. The Hall–Kier alpha value is -2.65. The van der Waals surface area contributed by atoms with Crippen LogP contribution >= 0.6 is 0 Å². The second kappa shape index (κ2) is 10.4. The molecule has 1 atom stereocenters. The van der Waals surface area contributed by atoms with Gasteiger partial charge in [-0.2, -0.15) is 13.2 Å². The summed E-state index contributed by atoms with van der Waals surface area (Å²) in [4.78, 5) is 18.2. The van der Waals surface area contributed by atoms with Gasteiger partial charge in [-0.15, -0.1) is 0 Å². The van der Waals surface area contributed by atoms with Crippen LogP contribution in [-0.4, -0.2) is 62.8 Å². The largest absolute Gasteiger partial charge is 0.493 e. The molecule has 1 fully saturated rings. The van der Waals surface area contributed by atoms with E-state index >= 15 is 0 Å². The first kappa shape index (κ1) is 23.6. The summed E-state index contributed by atoms with van der Waals surface area (Å²) in [6.07, 6.45) is -3.59. The summed E-state index contributed by atoms with van der Waals surface area (Å²) < 4.78 is 47.0. The summed E-state index contributed by atoms with van der Waals surface area (Å²) in [6, 6.07) is 4.83. The van der Waals surface area contributed by atoms with Gasteiger partial charge in [0.25, 0.3) is 0 Å². The molecule has 1 unspecified atom stereocenters. The van der Waals surface area contributed by atoms with Crippen molar-refractivity contribution in [2.45, 2.75) is 39.0 Å². The molecule has 0 saturated carbocycles. The number of guanidine groups is 1. The molecule has 0 bridgehead atoms. The highest BCUT2D eigenvalue weighted by atomic mass is 19.4. The lowest BCUT2D eigenvalue weighted by molar-refractivity contribution is -0.153. The van der Waals surface area contributed by atoms with Crippen LogP contribution in [0.2, 0.25) is 0 Å². The second-order valence-corrected chi connectivity index (χ2v) is 7.38. The molecule has 1 saturated heterocycles. The average Bonchev–Trinajstić information content (AvgIpc) is 3.16. The molecular weight excluding hydrogens is 401 g/mol. The Morgan fingerprint density at radius 1 is 1.33 bits per heavy atom. The van der Waals surface area contributed by atoms with Crippen LogP contribution in [0.4, 0.5) is 13.2 Å². The van der Waals surface area contributed by atoms with Crippen molar-refractivity contribution in [3.63, 3.8) is 0 Å². The molecule has 1 aromatic carbocycles. The fourth-order valence-corrected chi connectivity index (χ4v) is 3.12. The van der Waals surface area contributed by atoms with Crippen LogP contribution < -0.4 is 20.1 Å². The Morgan fingerprint density at radius 2 is 2.07 bits per heavy atom. The number of ether oxygens (including phenoxy) is 2. The molecule has 0 radical (unpaired) electrons. The third kappa shape index (κ3) is 7.00. The molecule has 1 aliphatic heterocycles. The zero-order chi connectivity index (χ0) is 22.3. The summed E-state index contributed by atoms with van der Waals surface area (Å²) in [7, 11) is 3.02. The average molecular weight is 430 g/mol. The van der Waals surface area contributed by atoms with Gasteiger partial charge in [-0.1, -0.05) is 19.9 Å². The maximum absolute atomic E-state index is 12.4. The number of benzene rings is 1. The van der Waals surface area contributed by atoms with Gasteiger partial charge in [0.05, 0.1) is 7.11 Å². The topological polar surface area (TPSA) is 75.2 Å². The van der Waals surface area contributed by atoms with Crippen LogP contribution in [0, 0.1) is 5.92 Å². The lowest BCUT2D eigenvalue weighted by atomic mass is 10.2. The smallest absolute Gasteiger partial charge is 0.422 e. The number of methoxy groups -OCH3 is 1. The third-order valence-corrected chi connectivity index (χ3v) is 4.64. The number of alkyl halides is 3. The minimum atomic E-state index is -4.42. The van der Waals surface area contributed by atoms with E-state index in [4.69, 9.17) is 9.47 Å². The predicted octanol–water partition coefficient (Wildman–Crippen LogP) is 2.56. The number of halogens is 3. The van der Waals surface area contributed by atoms with Crippen LogP contribution in [0.25, 0.3) is 0 Å². The van der Waals surface area contributed by atoms with E-state index in [-0.39, 0.29) is 29.4 Å². The highest BCUT2D eigenvalue weighted by Gasteiger charge is 2.29. The van der Waals surface area contributed by atoms with Crippen molar-refractivity contribution in [2.75, 3.05) is 33.9 Å². The van der Waals surface area contributed by atoms with Crippen molar-refractivity contribution in [2.24, 2.45) is 10.9 Å². The van der Waals surface area contributed by atoms with Crippen LogP contribution in [-0.2, 0) is 11.3 Å². The monoisotopic (exact) mass is 430 g/mol. The molecule has 7 nitrogen and oxygen atoms in total. The Balaban J connectivity index is 1.90. The number of amides is 1. The zero-order valence-electron chi connectivity index (χ0n) is 17.7. The first-order valence-electron chi connectivity index (χ1n) is 9.75. The zero-order valence-corrected chi connectivity index (χ0v) is 17.7. The number of likely N-dealkylation sites (tertiary alicyclic amines) is 1. The number of aliphatic imine (C=N–C) groups is 1. The van der Waals surface area contributed by atoms with Crippen LogP contribution in [0.5, 0.6) is 11.5 Å². The Labute approximate surface area is 174 Å². The van der Waals surface area contributed by atoms with Gasteiger partial charge >= 0.3 is 6.18 Å². The maximum atomic E-state index is 12.4. The Morgan fingerprint density at radius 3 is 2.67 bits per heavy atom. The van der Waals surface area contributed by atoms with E-state index in [0.717, 1.165) is 12.0 Å². The van der Waals surface area contributed by atoms with Crippen molar-refractivity contribution in [3.8, 4) is 11.5 Å². The number of carbonyl (C=O) groups is 1. The first-order chi connectivity index (χ1) is 14.1. The van der Waals surface area contributed by atoms with Gasteiger partial charge in [0.15, 0.2) is 24.1 Å². The van der Waals surface area contributed by atoms with E-state index in [0.29, 0.717) is 25.6 Å². The van der Waals surface area contributed by atoms with Crippen molar-refractivity contribution in [1.29, 1.82) is 0 Å². The molecule has 1 amide bonds. The molecule has 1 heterocycles. The highest BCUT2D eigenvalue weighted by Crippen LogP contribution is 2.29. The van der Waals surface area contributed by atoms with Gasteiger partial charge in [-0.05, 0) is 24.1 Å². The third-order valence-electron chi connectivity index (χ3n) is 4.64. The van der Waals surface area contributed by atoms with E-state index in [9.17, 15) is 18.0 Å². The summed E-state index contributed by atoms with van der Waals surface area (Å²) in [6.45, 7) is 4.11. The molecule has 0 aliphatic carbocycles. The van der Waals surface area contributed by atoms with Crippen molar-refractivity contribution in [1.82, 2.24) is 15.5 Å². The highest BCUT2D eigenvalue weighted by molar-refractivity contribution is 5.81. The number of carbonyl (C=O) groups excluding carboxylic acids is 1. The van der Waals surface area contributed by atoms with Crippen molar-refractivity contribution >= 4 is 11.9 Å². The summed E-state index contributed by atoms with van der Waals surface area (Å²) in [5.41, 5.74) is 0.789. The molecule has 0 aromatic heterocycles. The number of rotatable bonds is 7. The van der Waals surface area contributed by atoms with E-state index in [1.807, 2.05) is 18.7 Å². The number of nitrogens with zero attached hydrogens (tertiary/aromatic N) is 2. The minimum Gasteiger partial charge on any atom is -0.493 e. The second-order valence-electron chi connectivity index (χ2n) is 7.38. The molecule has 30 heavy (non-hydrogen) atoms. The quantitative estimate of drug-likeness (QED) is 0.514. The van der Waals surface area contributed by atoms with Gasteiger partial charge in [0.1, 0.15) is 0 Å². The lowest BCUT2D eigenvalue weighted by Gasteiger charge is -2.20. The molecule has 0 spiro atoms. The van der Waals surface area contributed by atoms with E-state index in [1.165, 1.54) is 13.2 Å². The van der Waals surface area contributed by atoms with Crippen LogP contribution in [0.15, 0.2) is 23.2 Å². The predicted molar refractivity (Wildman–Crippen MR) is 108 cm³/mol. The Kier molecular flexibility index (Phi) is 8.19. The van der Waals surface area contributed by atoms with Crippen molar-refractivity contribution < 1.29 is 27.4 Å². The molecule has 2 rings (SSSR count). The number of hydrogen-bond donors (Lipinski definition) is 2. The van der Waals surface area contributed by atoms with Gasteiger partial charge in [0.2, 0.25) is 5.91 Å². The first-order valence-corrected chi connectivity index (χ1v) is 9.75. The standard InChI is InChI=1S/C20H29F3N4O3/c1-13(2)18(28)27-8-7-15(11-27)26-19(24-3)25-10-14-5-6-16(17(9-14)29-4)30-12-20(21,22)23/h5-6,9,13,15H,7-8,10-12H2,1-4H3,(H2,24,25,26). The minimum absolute atomic E-state index is 0.0285. The van der Waals surface area contributed by atoms with Crippen LogP contribution in [0.3, 0.4) is 0 Å². The van der Waals surface area contributed by atoms with E-state index in [2.05, 4.69) is 15.6 Å². The van der Waals surface area contributed by atoms with E-state index < -0.39 is 12.8 Å². The molecule has 168 valence electrons. The normalized spacial score (nSPS) is 17.3. The molecule has 2 N–H and O–H groups in total. The Bertz CT molecular complexity index is 753. The van der Waals surface area contributed by atoms with Crippen molar-refractivity contribution in [3.05, 3.63) is 23.8 Å². The maximum Gasteiger partial charge on any atom is 0.422 e.